The van der Waals surface area contributed by atoms with Gasteiger partial charge < -0.3 is 0 Å². The van der Waals surface area contributed by atoms with Crippen molar-refractivity contribution in [3.05, 3.63) is 59.7 Å². The van der Waals surface area contributed by atoms with Gasteiger partial charge >= 0.3 is 0 Å². The molecule has 0 aromatic heterocycles. The fourth-order valence-electron chi connectivity index (χ4n) is 3.17. The van der Waals surface area contributed by atoms with Gasteiger partial charge in [-0.3, -0.25) is 0 Å². The van der Waals surface area contributed by atoms with Gasteiger partial charge in [-0.1, -0.05) is 69.3 Å². The summed E-state index contributed by atoms with van der Waals surface area (Å²) >= 11 is 0. The van der Waals surface area contributed by atoms with Crippen molar-refractivity contribution < 1.29 is 0 Å². The van der Waals surface area contributed by atoms with E-state index in [-0.39, 0.29) is 5.41 Å². The van der Waals surface area contributed by atoms with Crippen molar-refractivity contribution in [2.45, 2.75) is 40.0 Å². The quantitative estimate of drug-likeness (QED) is 0.676. The summed E-state index contributed by atoms with van der Waals surface area (Å²) < 4.78 is 0. The lowest BCUT2D eigenvalue weighted by Crippen LogP contribution is -2.28. The molecule has 0 aliphatic heterocycles. The van der Waals surface area contributed by atoms with E-state index < -0.39 is 0 Å². The van der Waals surface area contributed by atoms with Crippen LogP contribution in [0.3, 0.4) is 0 Å². The molecule has 18 heavy (non-hydrogen) atoms. The maximum atomic E-state index is 2.39. The highest BCUT2D eigenvalue weighted by atomic mass is 14.4. The summed E-state index contributed by atoms with van der Waals surface area (Å²) in [5, 5.41) is 0. The third-order valence-electron chi connectivity index (χ3n) is 4.28. The first-order valence-corrected chi connectivity index (χ1v) is 6.98. The van der Waals surface area contributed by atoms with Crippen LogP contribution in [0.5, 0.6) is 0 Å². The first-order chi connectivity index (χ1) is 8.56. The molecule has 0 N–H and O–H groups in total. The highest BCUT2D eigenvalue weighted by Crippen LogP contribution is 2.44. The highest BCUT2D eigenvalue weighted by molar-refractivity contribution is 5.33. The molecule has 1 aromatic carbocycles. The van der Waals surface area contributed by atoms with E-state index >= 15 is 0 Å². The normalized spacial score (nSPS) is 23.0. The molecule has 0 heteroatoms. The summed E-state index contributed by atoms with van der Waals surface area (Å²) in [5.74, 6) is 1.20. The first-order valence-electron chi connectivity index (χ1n) is 6.98. The summed E-state index contributed by atoms with van der Waals surface area (Å²) in [7, 11) is 0. The fraction of sp³-hybridized carbons (Fsp3) is 0.444. The molecule has 96 valence electrons. The summed E-state index contributed by atoms with van der Waals surface area (Å²) in [4.78, 5) is 0. The van der Waals surface area contributed by atoms with E-state index in [1.54, 1.807) is 0 Å². The molecule has 0 saturated heterocycles. The number of allylic oxidation sites excluding steroid dienone is 4. The van der Waals surface area contributed by atoms with Crippen molar-refractivity contribution in [2.75, 3.05) is 0 Å². The fourth-order valence-corrected chi connectivity index (χ4v) is 3.17. The molecule has 0 radical (unpaired) electrons. The molecule has 0 saturated carbocycles. The molecular weight excluding hydrogens is 216 g/mol. The van der Waals surface area contributed by atoms with E-state index in [4.69, 9.17) is 0 Å². The minimum Gasteiger partial charge on any atom is -0.0800 e. The average molecular weight is 240 g/mol. The Morgan fingerprint density at radius 1 is 1.17 bits per heavy atom. The van der Waals surface area contributed by atoms with Gasteiger partial charge in [0, 0.05) is 0 Å². The Morgan fingerprint density at radius 2 is 1.89 bits per heavy atom. The minimum atomic E-state index is 0.248. The van der Waals surface area contributed by atoms with Crippen LogP contribution >= 0.6 is 0 Å². The molecule has 1 aliphatic carbocycles. The third kappa shape index (κ3) is 2.43. The van der Waals surface area contributed by atoms with Crippen LogP contribution in [-0.2, 0) is 0 Å². The van der Waals surface area contributed by atoms with Gasteiger partial charge in [-0.2, -0.15) is 0 Å². The maximum Gasteiger partial charge on any atom is -0.00754 e. The molecule has 2 unspecified atom stereocenters. The number of aryl methyl sites for hydroxylation is 1. The van der Waals surface area contributed by atoms with Crippen LogP contribution in [-0.4, -0.2) is 0 Å². The van der Waals surface area contributed by atoms with Crippen LogP contribution in [0.2, 0.25) is 0 Å². The van der Waals surface area contributed by atoms with Crippen LogP contribution in [0.15, 0.2) is 48.6 Å². The largest absolute Gasteiger partial charge is 0.0800 e. The van der Waals surface area contributed by atoms with Crippen molar-refractivity contribution in [3.63, 3.8) is 0 Å². The van der Waals surface area contributed by atoms with Gasteiger partial charge in [0.05, 0.1) is 0 Å². The molecule has 0 amide bonds. The first kappa shape index (κ1) is 13.1. The SMILES string of the molecule is CCC(c1ccccc1C)C1C=CC=CC1(C)C. The lowest BCUT2D eigenvalue weighted by molar-refractivity contribution is 0.283. The van der Waals surface area contributed by atoms with Gasteiger partial charge in [-0.15, -0.1) is 0 Å². The Morgan fingerprint density at radius 3 is 2.50 bits per heavy atom. The van der Waals surface area contributed by atoms with Crippen molar-refractivity contribution >= 4 is 0 Å². The molecule has 0 nitrogen and oxygen atoms in total. The molecule has 0 fully saturated rings. The Bertz CT molecular complexity index is 463. The van der Waals surface area contributed by atoms with E-state index in [0.717, 1.165) is 0 Å². The van der Waals surface area contributed by atoms with Gasteiger partial charge in [0.15, 0.2) is 0 Å². The number of benzene rings is 1. The number of rotatable bonds is 3. The standard InChI is InChI=1S/C18H24/c1-5-15(16-11-7-6-10-14(16)2)17-12-8-9-13-18(17,3)4/h6-13,15,17H,5H2,1-4H3. The molecule has 2 atom stereocenters. The molecule has 1 aromatic rings. The lowest BCUT2D eigenvalue weighted by atomic mass is 9.66. The van der Waals surface area contributed by atoms with Gasteiger partial charge in [0.25, 0.3) is 0 Å². The van der Waals surface area contributed by atoms with Gasteiger partial charge in [-0.25, -0.2) is 0 Å². The van der Waals surface area contributed by atoms with Crippen LogP contribution in [0.4, 0.5) is 0 Å². The lowest BCUT2D eigenvalue weighted by Gasteiger charge is -2.38. The Labute approximate surface area is 111 Å². The molecule has 0 bridgehead atoms. The average Bonchev–Trinajstić information content (AvgIpc) is 2.34. The topological polar surface area (TPSA) is 0 Å². The molecule has 0 spiro atoms. The number of hydrogen-bond donors (Lipinski definition) is 0. The van der Waals surface area contributed by atoms with Crippen LogP contribution in [0.25, 0.3) is 0 Å². The van der Waals surface area contributed by atoms with Crippen LogP contribution in [0, 0.1) is 18.3 Å². The smallest absolute Gasteiger partial charge is 0.00754 e. The van der Waals surface area contributed by atoms with Crippen molar-refractivity contribution in [1.82, 2.24) is 0 Å². The summed E-state index contributed by atoms with van der Waals surface area (Å²) in [6, 6.07) is 8.83. The second-order valence-electron chi connectivity index (χ2n) is 5.96. The summed E-state index contributed by atoms with van der Waals surface area (Å²) in [5.41, 5.74) is 3.18. The van der Waals surface area contributed by atoms with E-state index in [1.807, 2.05) is 0 Å². The second kappa shape index (κ2) is 5.14. The van der Waals surface area contributed by atoms with E-state index in [9.17, 15) is 0 Å². The Hall–Kier alpha value is -1.30. The molecule has 2 rings (SSSR count). The van der Waals surface area contributed by atoms with Crippen LogP contribution < -0.4 is 0 Å². The maximum absolute atomic E-state index is 2.39. The Kier molecular flexibility index (Phi) is 3.75. The predicted molar refractivity (Wildman–Crippen MR) is 79.8 cm³/mol. The highest BCUT2D eigenvalue weighted by Gasteiger charge is 2.33. The van der Waals surface area contributed by atoms with Gasteiger partial charge in [-0.05, 0) is 41.7 Å². The van der Waals surface area contributed by atoms with Crippen molar-refractivity contribution in [2.24, 2.45) is 11.3 Å². The molecule has 0 heterocycles. The Balaban J connectivity index is 2.38. The van der Waals surface area contributed by atoms with Crippen molar-refractivity contribution in [1.29, 1.82) is 0 Å². The minimum absolute atomic E-state index is 0.248. The zero-order chi connectivity index (χ0) is 13.2. The molecular formula is C18H24. The summed E-state index contributed by atoms with van der Waals surface area (Å²) in [6.07, 6.45) is 10.3. The summed E-state index contributed by atoms with van der Waals surface area (Å²) in [6.45, 7) is 9.23. The predicted octanol–water partition coefficient (Wildman–Crippen LogP) is 5.26. The van der Waals surface area contributed by atoms with E-state index in [2.05, 4.69) is 76.3 Å². The molecule has 1 aliphatic rings. The second-order valence-corrected chi connectivity index (χ2v) is 5.96. The van der Waals surface area contributed by atoms with E-state index in [0.29, 0.717) is 11.8 Å². The van der Waals surface area contributed by atoms with E-state index in [1.165, 1.54) is 17.5 Å². The van der Waals surface area contributed by atoms with Crippen molar-refractivity contribution in [3.8, 4) is 0 Å². The zero-order valence-corrected chi connectivity index (χ0v) is 12.0. The third-order valence-corrected chi connectivity index (χ3v) is 4.28. The van der Waals surface area contributed by atoms with Crippen LogP contribution in [0.1, 0.15) is 44.2 Å². The monoisotopic (exact) mass is 240 g/mol. The zero-order valence-electron chi connectivity index (χ0n) is 12.0. The number of hydrogen-bond acceptors (Lipinski definition) is 0. The van der Waals surface area contributed by atoms with Gasteiger partial charge in [0.1, 0.15) is 0 Å². The van der Waals surface area contributed by atoms with Gasteiger partial charge in [0.2, 0.25) is 0 Å².